The van der Waals surface area contributed by atoms with Crippen LogP contribution in [0.3, 0.4) is 0 Å². The summed E-state index contributed by atoms with van der Waals surface area (Å²) >= 11 is 6.27. The maximum atomic E-state index is 13.7. The van der Waals surface area contributed by atoms with E-state index in [2.05, 4.69) is 0 Å². The first-order valence-electron chi connectivity index (χ1n) is 10.6. The minimum Gasteiger partial charge on any atom is -0.467 e. The van der Waals surface area contributed by atoms with Gasteiger partial charge < -0.3 is 18.6 Å². The molecule has 3 rings (SSSR count). The molecule has 0 saturated heterocycles. The number of Topliss-reactive ketones (excluding diaryl/α,β-unsaturated/α-hetero) is 1. The normalized spacial score (nSPS) is 11.8. The van der Waals surface area contributed by atoms with Gasteiger partial charge in [0.25, 0.3) is 5.91 Å². The summed E-state index contributed by atoms with van der Waals surface area (Å²) in [6.45, 7) is 7.18. The Morgan fingerprint density at radius 2 is 1.85 bits per heavy atom. The minimum atomic E-state index is -0.853. The summed E-state index contributed by atoms with van der Waals surface area (Å²) in [4.78, 5) is 41.1. The number of nitrogens with zero attached hydrogens (tertiary/aromatic N) is 2. The molecule has 1 atom stereocenters. The number of hydrogen-bond acceptors (Lipinski definition) is 5. The molecular formula is C25H27ClN2O5. The van der Waals surface area contributed by atoms with E-state index in [0.29, 0.717) is 38.9 Å². The van der Waals surface area contributed by atoms with E-state index in [4.69, 9.17) is 20.8 Å². The molecule has 33 heavy (non-hydrogen) atoms. The van der Waals surface area contributed by atoms with E-state index < -0.39 is 17.9 Å². The first-order chi connectivity index (χ1) is 15.7. The zero-order valence-electron chi connectivity index (χ0n) is 19.3. The number of carbonyl (C=O) groups excluding carboxylic acids is 3. The predicted molar refractivity (Wildman–Crippen MR) is 125 cm³/mol. The number of benzene rings is 1. The first kappa shape index (κ1) is 24.3. The second kappa shape index (κ2) is 10.1. The second-order valence-corrected chi connectivity index (χ2v) is 8.15. The lowest BCUT2D eigenvalue weighted by molar-refractivity contribution is 0.0513. The van der Waals surface area contributed by atoms with Crippen LogP contribution in [0.2, 0.25) is 5.02 Å². The van der Waals surface area contributed by atoms with E-state index >= 15 is 0 Å². The molecule has 0 saturated carbocycles. The van der Waals surface area contributed by atoms with Gasteiger partial charge in [0.1, 0.15) is 11.5 Å². The summed E-state index contributed by atoms with van der Waals surface area (Å²) in [6, 6.07) is 9.30. The van der Waals surface area contributed by atoms with Crippen LogP contribution in [0.1, 0.15) is 62.1 Å². The molecule has 174 valence electrons. The van der Waals surface area contributed by atoms with Crippen LogP contribution < -0.4 is 0 Å². The number of carbonyl (C=O) groups is 3. The molecule has 0 radical (unpaired) electrons. The fourth-order valence-corrected chi connectivity index (χ4v) is 4.14. The van der Waals surface area contributed by atoms with Crippen LogP contribution in [0.5, 0.6) is 0 Å². The maximum absolute atomic E-state index is 13.7. The monoisotopic (exact) mass is 470 g/mol. The smallest absolute Gasteiger partial charge is 0.355 e. The van der Waals surface area contributed by atoms with Crippen LogP contribution >= 0.6 is 11.6 Å². The van der Waals surface area contributed by atoms with Crippen LogP contribution in [0.15, 0.2) is 47.1 Å². The third kappa shape index (κ3) is 4.73. The van der Waals surface area contributed by atoms with Crippen molar-refractivity contribution in [1.29, 1.82) is 0 Å². The Labute approximate surface area is 197 Å². The Kier molecular flexibility index (Phi) is 7.43. The highest BCUT2D eigenvalue weighted by Crippen LogP contribution is 2.27. The van der Waals surface area contributed by atoms with Gasteiger partial charge in [-0.15, -0.1) is 0 Å². The van der Waals surface area contributed by atoms with E-state index in [1.165, 1.54) is 11.2 Å². The van der Waals surface area contributed by atoms with Crippen molar-refractivity contribution in [2.75, 3.05) is 6.61 Å². The third-order valence-corrected chi connectivity index (χ3v) is 6.09. The van der Waals surface area contributed by atoms with Crippen molar-refractivity contribution in [3.05, 3.63) is 81.5 Å². The highest BCUT2D eigenvalue weighted by Gasteiger charge is 2.33. The Balaban J connectivity index is 2.03. The Morgan fingerprint density at radius 1 is 1.15 bits per heavy atom. The molecule has 0 fully saturated rings. The van der Waals surface area contributed by atoms with Crippen molar-refractivity contribution in [2.45, 2.75) is 40.3 Å². The third-order valence-electron chi connectivity index (χ3n) is 5.76. The van der Waals surface area contributed by atoms with Crippen LogP contribution in [-0.4, -0.2) is 39.8 Å². The van der Waals surface area contributed by atoms with Gasteiger partial charge in [0.15, 0.2) is 5.78 Å². The molecule has 0 N–H and O–H groups in total. The summed E-state index contributed by atoms with van der Waals surface area (Å²) in [7, 11) is 1.71. The van der Waals surface area contributed by atoms with Crippen molar-refractivity contribution in [1.82, 2.24) is 9.47 Å². The number of furan rings is 1. The number of halogens is 1. The lowest BCUT2D eigenvalue weighted by atomic mass is 9.99. The Bertz CT molecular complexity index is 1180. The zero-order chi connectivity index (χ0) is 24.3. The van der Waals surface area contributed by atoms with E-state index in [0.717, 1.165) is 0 Å². The van der Waals surface area contributed by atoms with Gasteiger partial charge in [-0.2, -0.15) is 0 Å². The maximum Gasteiger partial charge on any atom is 0.355 e. The van der Waals surface area contributed by atoms with Crippen molar-refractivity contribution in [3.8, 4) is 0 Å². The van der Waals surface area contributed by atoms with Crippen LogP contribution in [0.4, 0.5) is 0 Å². The van der Waals surface area contributed by atoms with Gasteiger partial charge in [-0.1, -0.05) is 23.7 Å². The number of amides is 1. The van der Waals surface area contributed by atoms with E-state index in [-0.39, 0.29) is 18.9 Å². The molecule has 1 amide bonds. The largest absolute Gasteiger partial charge is 0.467 e. The number of ether oxygens (including phenoxy) is 1. The number of esters is 1. The molecular weight excluding hydrogens is 444 g/mol. The number of aromatic nitrogens is 1. The van der Waals surface area contributed by atoms with Gasteiger partial charge in [-0.05, 0) is 57.5 Å². The Hall–Kier alpha value is -3.32. The summed E-state index contributed by atoms with van der Waals surface area (Å²) < 4.78 is 12.3. The van der Waals surface area contributed by atoms with Gasteiger partial charge >= 0.3 is 5.97 Å². The van der Waals surface area contributed by atoms with Crippen molar-refractivity contribution < 1.29 is 23.5 Å². The molecule has 2 aromatic heterocycles. The summed E-state index contributed by atoms with van der Waals surface area (Å²) in [6.07, 6.45) is 1.51. The topological polar surface area (TPSA) is 81.8 Å². The predicted octanol–water partition coefficient (Wildman–Crippen LogP) is 4.98. The molecule has 7 nitrogen and oxygen atoms in total. The quantitative estimate of drug-likeness (QED) is 0.342. The van der Waals surface area contributed by atoms with E-state index in [1.54, 1.807) is 75.7 Å². The first-order valence-corrected chi connectivity index (χ1v) is 11.0. The average Bonchev–Trinajstić information content (AvgIpc) is 3.37. The second-order valence-electron chi connectivity index (χ2n) is 7.75. The van der Waals surface area contributed by atoms with Crippen LogP contribution in [0.25, 0.3) is 0 Å². The standard InChI is InChI=1S/C25H27ClN2O5/c1-6-32-25(31)22-15(2)21(16(3)27(22)5)23(29)17(4)28(14-18-10-9-13-33-18)24(30)19-11-7-8-12-20(19)26/h7-13,17H,6,14H2,1-5H3/t17-/m1/s1. The fourth-order valence-electron chi connectivity index (χ4n) is 3.92. The van der Waals surface area contributed by atoms with Crippen molar-refractivity contribution in [2.24, 2.45) is 7.05 Å². The number of rotatable bonds is 8. The van der Waals surface area contributed by atoms with Gasteiger partial charge in [-0.3, -0.25) is 9.59 Å². The molecule has 0 unspecified atom stereocenters. The number of ketones is 1. The average molecular weight is 471 g/mol. The lowest BCUT2D eigenvalue weighted by Gasteiger charge is -2.28. The fraction of sp³-hybridized carbons (Fsp3) is 0.320. The zero-order valence-corrected chi connectivity index (χ0v) is 20.1. The lowest BCUT2D eigenvalue weighted by Crippen LogP contribution is -2.43. The van der Waals surface area contributed by atoms with Gasteiger partial charge in [0, 0.05) is 18.3 Å². The highest BCUT2D eigenvalue weighted by atomic mass is 35.5. The van der Waals surface area contributed by atoms with E-state index in [9.17, 15) is 14.4 Å². The molecule has 1 aromatic carbocycles. The van der Waals surface area contributed by atoms with Gasteiger partial charge in [0.2, 0.25) is 0 Å². The molecule has 0 bridgehead atoms. The molecule has 0 aliphatic rings. The molecule has 2 heterocycles. The molecule has 3 aromatic rings. The van der Waals surface area contributed by atoms with Crippen LogP contribution in [-0.2, 0) is 18.3 Å². The van der Waals surface area contributed by atoms with Crippen molar-refractivity contribution in [3.63, 3.8) is 0 Å². The van der Waals surface area contributed by atoms with Gasteiger partial charge in [0.05, 0.1) is 36.0 Å². The van der Waals surface area contributed by atoms with E-state index in [1.807, 2.05) is 0 Å². The molecule has 0 aliphatic heterocycles. The summed E-state index contributed by atoms with van der Waals surface area (Å²) in [5.41, 5.74) is 2.15. The van der Waals surface area contributed by atoms with Crippen LogP contribution in [0, 0.1) is 13.8 Å². The molecule has 0 spiro atoms. The molecule has 8 heteroatoms. The molecule has 0 aliphatic carbocycles. The van der Waals surface area contributed by atoms with Gasteiger partial charge in [-0.25, -0.2) is 4.79 Å². The number of hydrogen-bond donors (Lipinski definition) is 0. The van der Waals surface area contributed by atoms with Crippen molar-refractivity contribution >= 4 is 29.3 Å². The highest BCUT2D eigenvalue weighted by molar-refractivity contribution is 6.33. The summed E-state index contributed by atoms with van der Waals surface area (Å²) in [5, 5.41) is 0.295. The SMILES string of the molecule is CCOC(=O)c1c(C)c(C(=O)[C@@H](C)N(Cc2ccco2)C(=O)c2ccccc2Cl)c(C)n1C. The summed E-state index contributed by atoms with van der Waals surface area (Å²) in [5.74, 6) is -0.645. The Morgan fingerprint density at radius 3 is 2.45 bits per heavy atom. The minimum absolute atomic E-state index is 0.0830.